The van der Waals surface area contributed by atoms with E-state index in [2.05, 4.69) is 31.2 Å². The summed E-state index contributed by atoms with van der Waals surface area (Å²) in [5.74, 6) is 7.25. The third-order valence-electron chi connectivity index (χ3n) is 4.96. The fraction of sp³-hybridized carbons (Fsp3) is 0.318. The summed E-state index contributed by atoms with van der Waals surface area (Å²) in [5, 5.41) is 7.47. The molecule has 3 aromatic rings. The molecule has 0 spiro atoms. The van der Waals surface area contributed by atoms with E-state index in [0.717, 1.165) is 29.0 Å². The van der Waals surface area contributed by atoms with Gasteiger partial charge in [0.15, 0.2) is 0 Å². The fourth-order valence-electron chi connectivity index (χ4n) is 3.18. The molecule has 0 aromatic carbocycles. The lowest BCUT2D eigenvalue weighted by molar-refractivity contribution is 0.285. The van der Waals surface area contributed by atoms with E-state index in [0.29, 0.717) is 35.8 Å². The van der Waals surface area contributed by atoms with E-state index in [1.807, 2.05) is 25.1 Å². The van der Waals surface area contributed by atoms with E-state index < -0.39 is 0 Å². The van der Waals surface area contributed by atoms with Gasteiger partial charge in [0.2, 0.25) is 5.88 Å². The highest BCUT2D eigenvalue weighted by Crippen LogP contribution is 2.47. The van der Waals surface area contributed by atoms with Crippen molar-refractivity contribution in [3.63, 3.8) is 0 Å². The number of nitrogen functional groups attached to an aromatic ring is 1. The molecular formula is C22H28N8O2. The normalized spacial score (nSPS) is 16.5. The lowest BCUT2D eigenvalue weighted by Gasteiger charge is -2.11. The molecule has 3 heterocycles. The Balaban J connectivity index is 0.000000913. The Morgan fingerprint density at radius 2 is 1.94 bits per heavy atom. The van der Waals surface area contributed by atoms with Crippen LogP contribution in [0.5, 0.6) is 11.6 Å². The largest absolute Gasteiger partial charge is 0.495 e. The molecule has 1 aliphatic carbocycles. The standard InChI is InChI=1S/C21H22N6O2.CH6N2/c1-12-24-10-17(13-3-5-19(20(22)23)25-8-13)21(27-12)29-11-14-7-16(14)18-6-4-15(28-2)9-26-18;1-3-2/h3-6,8-10,14,16H,7,11H2,1-2H3,(H3,22,23);3H,2H2,1H3/t14-,16+;/m1./s1. The van der Waals surface area contributed by atoms with Crippen molar-refractivity contribution in [1.29, 1.82) is 5.41 Å². The van der Waals surface area contributed by atoms with Gasteiger partial charge in [-0.2, -0.15) is 4.98 Å². The number of hydrogen-bond acceptors (Lipinski definition) is 9. The lowest BCUT2D eigenvalue weighted by atomic mass is 10.1. The molecule has 10 nitrogen and oxygen atoms in total. The molecular weight excluding hydrogens is 408 g/mol. The summed E-state index contributed by atoms with van der Waals surface area (Å²) in [6.07, 6.45) is 6.17. The van der Waals surface area contributed by atoms with Gasteiger partial charge >= 0.3 is 0 Å². The summed E-state index contributed by atoms with van der Waals surface area (Å²) in [6, 6.07) is 7.48. The number of methoxy groups -OCH3 is 1. The van der Waals surface area contributed by atoms with Gasteiger partial charge < -0.3 is 15.2 Å². The Bertz CT molecular complexity index is 1040. The van der Waals surface area contributed by atoms with Crippen LogP contribution in [0.2, 0.25) is 0 Å². The first kappa shape index (κ1) is 23.0. The van der Waals surface area contributed by atoms with Crippen LogP contribution < -0.4 is 26.5 Å². The second-order valence-electron chi connectivity index (χ2n) is 7.31. The van der Waals surface area contributed by atoms with Crippen molar-refractivity contribution >= 4 is 5.84 Å². The highest BCUT2D eigenvalue weighted by Gasteiger charge is 2.40. The average Bonchev–Trinajstić information content (AvgIpc) is 3.58. The topological polar surface area (TPSA) is 158 Å². The quantitative estimate of drug-likeness (QED) is 0.187. The van der Waals surface area contributed by atoms with Crippen LogP contribution in [0, 0.1) is 18.3 Å². The number of pyridine rings is 2. The van der Waals surface area contributed by atoms with Gasteiger partial charge in [0.25, 0.3) is 0 Å². The molecule has 0 amide bonds. The van der Waals surface area contributed by atoms with E-state index in [1.54, 1.807) is 38.8 Å². The number of hydrazine groups is 1. The minimum atomic E-state index is -0.0694. The summed E-state index contributed by atoms with van der Waals surface area (Å²) in [4.78, 5) is 17.4. The maximum atomic E-state index is 7.47. The predicted octanol–water partition coefficient (Wildman–Crippen LogP) is 1.80. The fourth-order valence-corrected chi connectivity index (χ4v) is 3.18. The molecule has 0 unspecified atom stereocenters. The summed E-state index contributed by atoms with van der Waals surface area (Å²) in [7, 11) is 3.29. The van der Waals surface area contributed by atoms with Gasteiger partial charge in [-0.1, -0.05) is 6.07 Å². The maximum Gasteiger partial charge on any atom is 0.224 e. The van der Waals surface area contributed by atoms with Crippen LogP contribution in [-0.2, 0) is 0 Å². The Labute approximate surface area is 186 Å². The smallest absolute Gasteiger partial charge is 0.224 e. The van der Waals surface area contributed by atoms with Gasteiger partial charge in [-0.05, 0) is 38.6 Å². The van der Waals surface area contributed by atoms with Gasteiger partial charge in [-0.25, -0.2) is 4.98 Å². The van der Waals surface area contributed by atoms with Gasteiger partial charge in [0.1, 0.15) is 23.1 Å². The van der Waals surface area contributed by atoms with Crippen LogP contribution >= 0.6 is 0 Å². The van der Waals surface area contributed by atoms with Gasteiger partial charge in [0, 0.05) is 35.5 Å². The molecule has 2 atom stereocenters. The van der Waals surface area contributed by atoms with Gasteiger partial charge in [0.05, 0.1) is 25.5 Å². The number of aryl methyl sites for hydroxylation is 1. The zero-order valence-electron chi connectivity index (χ0n) is 18.4. The van der Waals surface area contributed by atoms with Crippen LogP contribution in [-0.4, -0.2) is 46.5 Å². The second-order valence-corrected chi connectivity index (χ2v) is 7.31. The third kappa shape index (κ3) is 5.74. The number of nitrogens with zero attached hydrogens (tertiary/aromatic N) is 4. The molecule has 0 aliphatic heterocycles. The predicted molar refractivity (Wildman–Crippen MR) is 121 cm³/mol. The van der Waals surface area contributed by atoms with Crippen LogP contribution in [0.4, 0.5) is 0 Å². The molecule has 0 saturated heterocycles. The van der Waals surface area contributed by atoms with Crippen molar-refractivity contribution in [1.82, 2.24) is 25.4 Å². The molecule has 10 heteroatoms. The minimum Gasteiger partial charge on any atom is -0.495 e. The van der Waals surface area contributed by atoms with Gasteiger partial charge in [-0.15, -0.1) is 0 Å². The Morgan fingerprint density at radius 3 is 2.53 bits per heavy atom. The first-order valence-electron chi connectivity index (χ1n) is 10.1. The van der Waals surface area contributed by atoms with E-state index in [1.165, 1.54) is 0 Å². The summed E-state index contributed by atoms with van der Waals surface area (Å²) >= 11 is 0. The van der Waals surface area contributed by atoms with Crippen molar-refractivity contribution in [2.75, 3.05) is 20.8 Å². The molecule has 1 aliphatic rings. The third-order valence-corrected chi connectivity index (χ3v) is 4.96. The molecule has 6 N–H and O–H groups in total. The van der Waals surface area contributed by atoms with Crippen molar-refractivity contribution in [2.45, 2.75) is 19.3 Å². The average molecular weight is 437 g/mol. The molecule has 1 fully saturated rings. The summed E-state index contributed by atoms with van der Waals surface area (Å²) in [6.45, 7) is 2.38. The molecule has 32 heavy (non-hydrogen) atoms. The van der Waals surface area contributed by atoms with E-state index >= 15 is 0 Å². The number of ether oxygens (including phenoxy) is 2. The molecule has 0 radical (unpaired) electrons. The van der Waals surface area contributed by atoms with Crippen molar-refractivity contribution in [3.8, 4) is 22.8 Å². The van der Waals surface area contributed by atoms with Gasteiger partial charge in [-0.3, -0.25) is 26.6 Å². The summed E-state index contributed by atoms with van der Waals surface area (Å²) in [5.41, 5.74) is 10.8. The molecule has 3 aromatic heterocycles. The first-order valence-corrected chi connectivity index (χ1v) is 10.1. The highest BCUT2D eigenvalue weighted by atomic mass is 16.5. The Morgan fingerprint density at radius 1 is 1.16 bits per heavy atom. The zero-order chi connectivity index (χ0) is 23.1. The number of nitrogens with one attached hydrogen (secondary N) is 2. The SMILES string of the molecule is CNN.COc1ccc([C@H]2C[C@@H]2COc2nc(C)ncc2-c2ccc(C(=N)N)nc2)nc1. The van der Waals surface area contributed by atoms with Crippen LogP contribution in [0.3, 0.4) is 0 Å². The molecule has 168 valence electrons. The number of rotatable bonds is 7. The number of nitrogens with two attached hydrogens (primary N) is 2. The summed E-state index contributed by atoms with van der Waals surface area (Å²) < 4.78 is 11.2. The van der Waals surface area contributed by atoms with Crippen LogP contribution in [0.25, 0.3) is 11.1 Å². The lowest BCUT2D eigenvalue weighted by Crippen LogP contribution is -2.13. The number of amidine groups is 1. The van der Waals surface area contributed by atoms with E-state index in [-0.39, 0.29) is 5.84 Å². The molecule has 4 rings (SSSR count). The molecule has 0 bridgehead atoms. The zero-order valence-corrected chi connectivity index (χ0v) is 18.4. The Kier molecular flexibility index (Phi) is 7.63. The number of aromatic nitrogens is 4. The monoisotopic (exact) mass is 436 g/mol. The second kappa shape index (κ2) is 10.6. The first-order chi connectivity index (χ1) is 15.5. The number of hydrogen-bond donors (Lipinski definition) is 4. The van der Waals surface area contributed by atoms with E-state index in [4.69, 9.17) is 20.6 Å². The van der Waals surface area contributed by atoms with Crippen LogP contribution in [0.1, 0.15) is 29.6 Å². The Hall–Kier alpha value is -3.63. The van der Waals surface area contributed by atoms with Crippen molar-refractivity contribution < 1.29 is 9.47 Å². The van der Waals surface area contributed by atoms with Crippen LogP contribution in [0.15, 0.2) is 42.9 Å². The maximum absolute atomic E-state index is 7.47. The highest BCUT2D eigenvalue weighted by molar-refractivity contribution is 5.93. The minimum absolute atomic E-state index is 0.0694. The molecule has 1 saturated carbocycles. The van der Waals surface area contributed by atoms with Crippen molar-refractivity contribution in [2.24, 2.45) is 17.5 Å². The van der Waals surface area contributed by atoms with E-state index in [9.17, 15) is 0 Å². The van der Waals surface area contributed by atoms with Crippen molar-refractivity contribution in [3.05, 3.63) is 60.1 Å².